The van der Waals surface area contributed by atoms with Crippen LogP contribution in [0.2, 0.25) is 0 Å². The van der Waals surface area contributed by atoms with E-state index >= 15 is 0 Å². The zero-order valence-electron chi connectivity index (χ0n) is 15.6. The number of nitrogens with zero attached hydrogens (tertiary/aromatic N) is 1. The molecule has 0 heterocycles. The van der Waals surface area contributed by atoms with Crippen LogP contribution in [0.3, 0.4) is 0 Å². The summed E-state index contributed by atoms with van der Waals surface area (Å²) in [4.78, 5) is 36.8. The highest BCUT2D eigenvalue weighted by Crippen LogP contribution is 2.08. The molecule has 2 aromatic carbocycles. The SMILES string of the molecule is Cc1cccc(/C=C/C(=O)OCC(=O)N(C)CC(=O)Nc2ccc(F)cc2)c1. The van der Waals surface area contributed by atoms with Gasteiger partial charge in [0.25, 0.3) is 5.91 Å². The van der Waals surface area contributed by atoms with E-state index in [4.69, 9.17) is 4.74 Å². The van der Waals surface area contributed by atoms with Gasteiger partial charge in [-0.3, -0.25) is 9.59 Å². The molecule has 7 heteroatoms. The number of esters is 1. The van der Waals surface area contributed by atoms with Gasteiger partial charge in [-0.1, -0.05) is 29.8 Å². The van der Waals surface area contributed by atoms with Crippen molar-refractivity contribution in [1.29, 1.82) is 0 Å². The van der Waals surface area contributed by atoms with E-state index in [0.717, 1.165) is 16.0 Å². The number of carbonyl (C=O) groups excluding carboxylic acids is 3. The standard InChI is InChI=1S/C21H21FN2O4/c1-15-4-3-5-16(12-15)6-11-21(27)28-14-20(26)24(2)13-19(25)23-18-9-7-17(22)8-10-18/h3-12H,13-14H2,1-2H3,(H,23,25)/b11-6+. The minimum Gasteiger partial charge on any atom is -0.452 e. The molecule has 28 heavy (non-hydrogen) atoms. The molecule has 0 saturated heterocycles. The second-order valence-corrected chi connectivity index (χ2v) is 6.16. The number of anilines is 1. The highest BCUT2D eigenvalue weighted by molar-refractivity contribution is 5.95. The number of amides is 2. The highest BCUT2D eigenvalue weighted by Gasteiger charge is 2.14. The summed E-state index contributed by atoms with van der Waals surface area (Å²) in [6.07, 6.45) is 2.84. The van der Waals surface area contributed by atoms with Gasteiger partial charge in [-0.2, -0.15) is 0 Å². The fourth-order valence-electron chi connectivity index (χ4n) is 2.27. The van der Waals surface area contributed by atoms with E-state index in [0.29, 0.717) is 5.69 Å². The smallest absolute Gasteiger partial charge is 0.331 e. The fraction of sp³-hybridized carbons (Fsp3) is 0.190. The van der Waals surface area contributed by atoms with Gasteiger partial charge < -0.3 is 15.0 Å². The Balaban J connectivity index is 1.76. The Morgan fingerprint density at radius 2 is 1.86 bits per heavy atom. The molecular weight excluding hydrogens is 363 g/mol. The van der Waals surface area contributed by atoms with Crippen molar-refractivity contribution in [2.75, 3.05) is 25.5 Å². The van der Waals surface area contributed by atoms with Crippen LogP contribution in [0.5, 0.6) is 0 Å². The molecule has 0 atom stereocenters. The molecule has 0 aliphatic rings. The van der Waals surface area contributed by atoms with Crippen LogP contribution in [-0.2, 0) is 19.1 Å². The lowest BCUT2D eigenvalue weighted by Crippen LogP contribution is -2.37. The number of ether oxygens (including phenoxy) is 1. The lowest BCUT2D eigenvalue weighted by Gasteiger charge is -2.16. The Morgan fingerprint density at radius 1 is 1.14 bits per heavy atom. The van der Waals surface area contributed by atoms with Gasteiger partial charge in [0.2, 0.25) is 5.91 Å². The van der Waals surface area contributed by atoms with E-state index in [1.165, 1.54) is 37.4 Å². The predicted octanol–water partition coefficient (Wildman–Crippen LogP) is 2.79. The van der Waals surface area contributed by atoms with E-state index in [1.54, 1.807) is 6.08 Å². The maximum atomic E-state index is 12.8. The summed E-state index contributed by atoms with van der Waals surface area (Å²) in [5.41, 5.74) is 2.32. The maximum Gasteiger partial charge on any atom is 0.331 e. The van der Waals surface area contributed by atoms with Crippen molar-refractivity contribution in [3.8, 4) is 0 Å². The molecule has 0 saturated carbocycles. The lowest BCUT2D eigenvalue weighted by atomic mass is 10.1. The van der Waals surface area contributed by atoms with Crippen LogP contribution in [0.15, 0.2) is 54.6 Å². The van der Waals surface area contributed by atoms with Crippen molar-refractivity contribution in [2.45, 2.75) is 6.92 Å². The number of nitrogens with one attached hydrogen (secondary N) is 1. The third-order valence-electron chi connectivity index (χ3n) is 3.73. The molecule has 2 aromatic rings. The van der Waals surface area contributed by atoms with E-state index < -0.39 is 30.2 Å². The summed E-state index contributed by atoms with van der Waals surface area (Å²) in [5, 5.41) is 2.54. The molecule has 0 bridgehead atoms. The number of aryl methyl sites for hydroxylation is 1. The molecular formula is C21H21FN2O4. The maximum absolute atomic E-state index is 12.8. The summed E-state index contributed by atoms with van der Waals surface area (Å²) in [7, 11) is 1.42. The van der Waals surface area contributed by atoms with Crippen molar-refractivity contribution in [3.05, 3.63) is 71.6 Å². The number of hydrogen-bond acceptors (Lipinski definition) is 4. The highest BCUT2D eigenvalue weighted by atomic mass is 19.1. The molecule has 6 nitrogen and oxygen atoms in total. The first-order valence-electron chi connectivity index (χ1n) is 8.54. The van der Waals surface area contributed by atoms with Gasteiger partial charge in [0, 0.05) is 18.8 Å². The van der Waals surface area contributed by atoms with E-state index in [-0.39, 0.29) is 6.54 Å². The second-order valence-electron chi connectivity index (χ2n) is 6.16. The summed E-state index contributed by atoms with van der Waals surface area (Å²) in [5.74, 6) is -2.04. The molecule has 0 spiro atoms. The van der Waals surface area contributed by atoms with E-state index in [9.17, 15) is 18.8 Å². The molecule has 0 aliphatic carbocycles. The van der Waals surface area contributed by atoms with Gasteiger partial charge in [-0.05, 0) is 42.8 Å². The molecule has 0 aromatic heterocycles. The Labute approximate surface area is 162 Å². The van der Waals surface area contributed by atoms with Crippen LogP contribution in [-0.4, -0.2) is 42.9 Å². The van der Waals surface area contributed by atoms with Crippen molar-refractivity contribution in [1.82, 2.24) is 4.90 Å². The second kappa shape index (κ2) is 10.0. The van der Waals surface area contributed by atoms with Gasteiger partial charge in [0.1, 0.15) is 5.82 Å². The van der Waals surface area contributed by atoms with Gasteiger partial charge in [-0.25, -0.2) is 9.18 Å². The molecule has 146 valence electrons. The Hall–Kier alpha value is -3.48. The van der Waals surface area contributed by atoms with Crippen molar-refractivity contribution in [3.63, 3.8) is 0 Å². The zero-order valence-corrected chi connectivity index (χ0v) is 15.6. The van der Waals surface area contributed by atoms with Crippen LogP contribution in [0.25, 0.3) is 6.08 Å². The summed E-state index contributed by atoms with van der Waals surface area (Å²) in [6.45, 7) is 1.24. The third-order valence-corrected chi connectivity index (χ3v) is 3.73. The van der Waals surface area contributed by atoms with Gasteiger partial charge in [-0.15, -0.1) is 0 Å². The van der Waals surface area contributed by atoms with Crippen LogP contribution in [0, 0.1) is 12.7 Å². The normalized spacial score (nSPS) is 10.5. The number of carbonyl (C=O) groups is 3. The number of rotatable bonds is 7. The summed E-state index contributed by atoms with van der Waals surface area (Å²) >= 11 is 0. The molecule has 0 fully saturated rings. The van der Waals surface area contributed by atoms with Crippen molar-refractivity contribution < 1.29 is 23.5 Å². The molecule has 0 aliphatic heterocycles. The summed E-state index contributed by atoms with van der Waals surface area (Å²) in [6, 6.07) is 12.8. The first-order chi connectivity index (χ1) is 13.3. The topological polar surface area (TPSA) is 75.7 Å². The molecule has 1 N–H and O–H groups in total. The number of likely N-dealkylation sites (N-methyl/N-ethyl adjacent to an activating group) is 1. The predicted molar refractivity (Wildman–Crippen MR) is 104 cm³/mol. The van der Waals surface area contributed by atoms with Crippen LogP contribution >= 0.6 is 0 Å². The Bertz CT molecular complexity index is 878. The summed E-state index contributed by atoms with van der Waals surface area (Å²) < 4.78 is 17.7. The van der Waals surface area contributed by atoms with Crippen LogP contribution in [0.4, 0.5) is 10.1 Å². The monoisotopic (exact) mass is 384 g/mol. The minimum atomic E-state index is -0.654. The zero-order chi connectivity index (χ0) is 20.5. The number of hydrogen-bond donors (Lipinski definition) is 1. The first kappa shape index (κ1) is 20.8. The largest absolute Gasteiger partial charge is 0.452 e. The molecule has 2 amide bonds. The molecule has 0 radical (unpaired) electrons. The van der Waals surface area contributed by atoms with Gasteiger partial charge >= 0.3 is 5.97 Å². The average molecular weight is 384 g/mol. The molecule has 2 rings (SSSR count). The van der Waals surface area contributed by atoms with Crippen molar-refractivity contribution >= 4 is 29.5 Å². The van der Waals surface area contributed by atoms with E-state index in [2.05, 4.69) is 5.32 Å². The fourth-order valence-corrected chi connectivity index (χ4v) is 2.27. The van der Waals surface area contributed by atoms with Gasteiger partial charge in [0.05, 0.1) is 6.54 Å². The first-order valence-corrected chi connectivity index (χ1v) is 8.54. The Morgan fingerprint density at radius 3 is 2.54 bits per heavy atom. The minimum absolute atomic E-state index is 0.229. The average Bonchev–Trinajstić information content (AvgIpc) is 2.66. The van der Waals surface area contributed by atoms with Crippen LogP contribution < -0.4 is 5.32 Å². The van der Waals surface area contributed by atoms with Gasteiger partial charge in [0.15, 0.2) is 6.61 Å². The quantitative estimate of drug-likeness (QED) is 0.588. The van der Waals surface area contributed by atoms with Crippen LogP contribution in [0.1, 0.15) is 11.1 Å². The van der Waals surface area contributed by atoms with E-state index in [1.807, 2.05) is 31.2 Å². The third kappa shape index (κ3) is 7.03. The lowest BCUT2D eigenvalue weighted by molar-refractivity contribution is -0.148. The van der Waals surface area contributed by atoms with Crippen molar-refractivity contribution in [2.24, 2.45) is 0 Å². The molecule has 0 unspecified atom stereocenters. The number of benzene rings is 2. The number of halogens is 1. The Kier molecular flexibility index (Phi) is 7.45.